The van der Waals surface area contributed by atoms with Gasteiger partial charge in [0.25, 0.3) is 10.0 Å². The van der Waals surface area contributed by atoms with Gasteiger partial charge in [0.15, 0.2) is 5.75 Å². The molecule has 3 rings (SSSR count). The molecule has 0 radical (unpaired) electrons. The smallest absolute Gasteiger partial charge is 0.343 e. The number of sulfonamides is 1. The first-order valence-corrected chi connectivity index (χ1v) is 9.46. The first kappa shape index (κ1) is 18.0. The lowest BCUT2D eigenvalue weighted by molar-refractivity contribution is 0.0736. The second-order valence-corrected chi connectivity index (χ2v) is 7.43. The van der Waals surface area contributed by atoms with Crippen LogP contribution in [0.15, 0.2) is 83.8 Å². The molecule has 26 heavy (non-hydrogen) atoms. The molecule has 1 N–H and O–H groups in total. The number of hydrogen-bond donors (Lipinski definition) is 1. The van der Waals surface area contributed by atoms with Crippen LogP contribution in [0.25, 0.3) is 0 Å². The minimum absolute atomic E-state index is 0.0473. The third kappa shape index (κ3) is 4.22. The molecule has 132 valence electrons. The molecule has 0 aliphatic rings. The zero-order chi connectivity index (χ0) is 18.6. The Morgan fingerprint density at radius 2 is 1.46 bits per heavy atom. The van der Waals surface area contributed by atoms with Crippen molar-refractivity contribution in [3.63, 3.8) is 0 Å². The van der Waals surface area contributed by atoms with E-state index in [-0.39, 0.29) is 16.3 Å². The van der Waals surface area contributed by atoms with Gasteiger partial charge in [-0.2, -0.15) is 0 Å². The van der Waals surface area contributed by atoms with Gasteiger partial charge in [-0.3, -0.25) is 4.72 Å². The molecule has 0 heterocycles. The van der Waals surface area contributed by atoms with Crippen molar-refractivity contribution in [3.8, 4) is 5.75 Å². The lowest BCUT2D eigenvalue weighted by Crippen LogP contribution is -2.15. The molecular weight excluding hydrogens is 374 g/mol. The molecule has 0 aromatic heterocycles. The molecule has 3 aromatic rings. The Kier molecular flexibility index (Phi) is 5.25. The highest BCUT2D eigenvalue weighted by Crippen LogP contribution is 2.27. The third-order valence-corrected chi connectivity index (χ3v) is 5.10. The van der Waals surface area contributed by atoms with Crippen LogP contribution in [0.2, 0.25) is 5.02 Å². The molecule has 0 atom stereocenters. The fraction of sp³-hybridized carbons (Fsp3) is 0. The van der Waals surface area contributed by atoms with Gasteiger partial charge >= 0.3 is 5.97 Å². The van der Waals surface area contributed by atoms with Crippen LogP contribution in [-0.2, 0) is 10.0 Å². The second-order valence-electron chi connectivity index (χ2n) is 5.31. The van der Waals surface area contributed by atoms with Crippen molar-refractivity contribution in [3.05, 3.63) is 89.4 Å². The zero-order valence-electron chi connectivity index (χ0n) is 13.4. The topological polar surface area (TPSA) is 72.5 Å². The summed E-state index contributed by atoms with van der Waals surface area (Å²) in [7, 11) is -3.85. The molecule has 0 aliphatic carbocycles. The molecule has 3 aromatic carbocycles. The quantitative estimate of drug-likeness (QED) is 0.521. The Hall–Kier alpha value is -2.83. The van der Waals surface area contributed by atoms with E-state index in [0.29, 0.717) is 10.6 Å². The highest BCUT2D eigenvalue weighted by atomic mass is 35.5. The number of halogens is 1. The summed E-state index contributed by atoms with van der Waals surface area (Å²) in [4.78, 5) is 12.3. The maximum absolute atomic E-state index is 12.5. The van der Waals surface area contributed by atoms with Gasteiger partial charge in [-0.25, -0.2) is 13.2 Å². The number of para-hydroxylation sites is 2. The number of anilines is 1. The fourth-order valence-electron chi connectivity index (χ4n) is 2.19. The third-order valence-electron chi connectivity index (χ3n) is 3.47. The Labute approximate surface area is 156 Å². The predicted molar refractivity (Wildman–Crippen MR) is 100 cm³/mol. The largest absolute Gasteiger partial charge is 0.421 e. The van der Waals surface area contributed by atoms with Crippen molar-refractivity contribution in [2.75, 3.05) is 4.72 Å². The summed E-state index contributed by atoms with van der Waals surface area (Å²) < 4.78 is 32.8. The predicted octanol–water partition coefficient (Wildman–Crippen LogP) is 4.36. The van der Waals surface area contributed by atoms with Gasteiger partial charge in [-0.15, -0.1) is 0 Å². The number of benzene rings is 3. The fourth-order valence-corrected chi connectivity index (χ4v) is 3.39. The average Bonchev–Trinajstić information content (AvgIpc) is 2.64. The lowest BCUT2D eigenvalue weighted by Gasteiger charge is -2.12. The second kappa shape index (κ2) is 7.59. The van der Waals surface area contributed by atoms with E-state index in [9.17, 15) is 13.2 Å². The van der Waals surface area contributed by atoms with Crippen molar-refractivity contribution in [2.24, 2.45) is 0 Å². The van der Waals surface area contributed by atoms with Crippen LogP contribution in [0, 0.1) is 0 Å². The van der Waals surface area contributed by atoms with Gasteiger partial charge in [-0.1, -0.05) is 41.9 Å². The van der Waals surface area contributed by atoms with Crippen LogP contribution in [0.1, 0.15) is 10.4 Å². The Morgan fingerprint density at radius 1 is 0.846 bits per heavy atom. The summed E-state index contributed by atoms with van der Waals surface area (Å²) >= 11 is 5.79. The van der Waals surface area contributed by atoms with Crippen LogP contribution in [0.5, 0.6) is 5.75 Å². The van der Waals surface area contributed by atoms with E-state index in [1.54, 1.807) is 42.5 Å². The van der Waals surface area contributed by atoms with E-state index in [2.05, 4.69) is 4.72 Å². The highest BCUT2D eigenvalue weighted by Gasteiger charge is 2.18. The SMILES string of the molecule is O=C(Oc1ccccc1NS(=O)(=O)c1ccc(Cl)cc1)c1ccccc1. The van der Waals surface area contributed by atoms with Crippen LogP contribution >= 0.6 is 11.6 Å². The number of carbonyl (C=O) groups excluding carboxylic acids is 1. The lowest BCUT2D eigenvalue weighted by atomic mass is 10.2. The van der Waals surface area contributed by atoms with Crippen LogP contribution < -0.4 is 9.46 Å². The first-order valence-electron chi connectivity index (χ1n) is 7.60. The number of nitrogens with one attached hydrogen (secondary N) is 1. The first-order chi connectivity index (χ1) is 12.5. The van der Waals surface area contributed by atoms with Crippen LogP contribution in [0.3, 0.4) is 0 Å². The minimum Gasteiger partial charge on any atom is -0.421 e. The summed E-state index contributed by atoms with van der Waals surface area (Å²) in [6.45, 7) is 0. The normalized spacial score (nSPS) is 11.0. The van der Waals surface area contributed by atoms with Crippen LogP contribution in [-0.4, -0.2) is 14.4 Å². The van der Waals surface area contributed by atoms with Gasteiger partial charge in [-0.05, 0) is 48.5 Å². The van der Waals surface area contributed by atoms with Gasteiger partial charge in [0.2, 0.25) is 0 Å². The molecular formula is C19H14ClNO4S. The zero-order valence-corrected chi connectivity index (χ0v) is 15.0. The van der Waals surface area contributed by atoms with Gasteiger partial charge in [0.1, 0.15) is 0 Å². The van der Waals surface area contributed by atoms with E-state index in [1.807, 2.05) is 0 Å². The van der Waals surface area contributed by atoms with E-state index in [1.165, 1.54) is 36.4 Å². The molecule has 0 unspecified atom stereocenters. The summed E-state index contributed by atoms with van der Waals surface area (Å²) in [5.74, 6) is -0.470. The number of ether oxygens (including phenoxy) is 1. The monoisotopic (exact) mass is 387 g/mol. The summed E-state index contributed by atoms with van der Waals surface area (Å²) in [6, 6.07) is 20.5. The Balaban J connectivity index is 1.85. The molecule has 0 saturated carbocycles. The molecule has 0 saturated heterocycles. The van der Waals surface area contributed by atoms with Gasteiger partial charge < -0.3 is 4.74 Å². The van der Waals surface area contributed by atoms with E-state index in [4.69, 9.17) is 16.3 Å². The van der Waals surface area contributed by atoms with Crippen molar-refractivity contribution in [1.82, 2.24) is 0 Å². The van der Waals surface area contributed by atoms with Crippen molar-refractivity contribution < 1.29 is 17.9 Å². The molecule has 7 heteroatoms. The molecule has 5 nitrogen and oxygen atoms in total. The van der Waals surface area contributed by atoms with Crippen molar-refractivity contribution in [1.29, 1.82) is 0 Å². The molecule has 0 aliphatic heterocycles. The summed E-state index contributed by atoms with van der Waals surface area (Å²) in [5, 5.41) is 0.432. The highest BCUT2D eigenvalue weighted by molar-refractivity contribution is 7.92. The van der Waals surface area contributed by atoms with E-state index >= 15 is 0 Å². The maximum Gasteiger partial charge on any atom is 0.343 e. The standard InChI is InChI=1S/C19H14ClNO4S/c20-15-10-12-16(13-11-15)26(23,24)21-17-8-4-5-9-18(17)25-19(22)14-6-2-1-3-7-14/h1-13,21H. The van der Waals surface area contributed by atoms with Gasteiger partial charge in [0, 0.05) is 5.02 Å². The number of hydrogen-bond acceptors (Lipinski definition) is 4. The minimum atomic E-state index is -3.85. The Bertz CT molecular complexity index is 1020. The summed E-state index contributed by atoms with van der Waals surface area (Å²) in [5.41, 5.74) is 0.523. The van der Waals surface area contributed by atoms with E-state index in [0.717, 1.165) is 0 Å². The van der Waals surface area contributed by atoms with Crippen LogP contribution in [0.4, 0.5) is 5.69 Å². The van der Waals surface area contributed by atoms with E-state index < -0.39 is 16.0 Å². The average molecular weight is 388 g/mol. The maximum atomic E-state index is 12.5. The molecule has 0 bridgehead atoms. The number of esters is 1. The number of rotatable bonds is 5. The molecule has 0 fully saturated rings. The number of carbonyl (C=O) groups is 1. The Morgan fingerprint density at radius 3 is 2.15 bits per heavy atom. The molecule has 0 amide bonds. The molecule has 0 spiro atoms. The van der Waals surface area contributed by atoms with Gasteiger partial charge in [0.05, 0.1) is 16.1 Å². The van der Waals surface area contributed by atoms with Crippen molar-refractivity contribution >= 4 is 33.3 Å². The summed E-state index contributed by atoms with van der Waals surface area (Å²) in [6.07, 6.45) is 0. The van der Waals surface area contributed by atoms with Crippen molar-refractivity contribution in [2.45, 2.75) is 4.90 Å².